The molecule has 0 spiro atoms. The zero-order chi connectivity index (χ0) is 13.4. The molecule has 1 amide bonds. The fourth-order valence-electron chi connectivity index (χ4n) is 2.13. The van der Waals surface area contributed by atoms with Gasteiger partial charge in [0, 0.05) is 13.5 Å². The number of likely N-dealkylation sites (tertiary alicyclic amines) is 1. The first-order chi connectivity index (χ1) is 8.59. The monoisotopic (exact) mass is 257 g/mol. The summed E-state index contributed by atoms with van der Waals surface area (Å²) in [6.45, 7) is 5.80. The molecule has 18 heavy (non-hydrogen) atoms. The van der Waals surface area contributed by atoms with Crippen LogP contribution in [0, 0.1) is 0 Å². The molecule has 6 nitrogen and oxygen atoms in total. The highest BCUT2D eigenvalue weighted by Gasteiger charge is 2.17. The van der Waals surface area contributed by atoms with Crippen molar-refractivity contribution in [1.29, 1.82) is 0 Å². The minimum atomic E-state index is -1.00. The molecule has 1 aliphatic rings. The summed E-state index contributed by atoms with van der Waals surface area (Å²) in [7, 11) is 0. The summed E-state index contributed by atoms with van der Waals surface area (Å²) < 4.78 is 0. The van der Waals surface area contributed by atoms with Gasteiger partial charge in [-0.3, -0.25) is 4.79 Å². The minimum Gasteiger partial charge on any atom is -0.480 e. The molecule has 6 heteroatoms. The normalized spacial score (nSPS) is 17.6. The van der Waals surface area contributed by atoms with Gasteiger partial charge < -0.3 is 20.6 Å². The van der Waals surface area contributed by atoms with Crippen LogP contribution in [-0.4, -0.2) is 60.6 Å². The molecule has 104 valence electrons. The lowest BCUT2D eigenvalue weighted by Crippen LogP contribution is -2.46. The number of nitrogens with one attached hydrogen (secondary N) is 2. The van der Waals surface area contributed by atoms with Gasteiger partial charge in [-0.2, -0.15) is 0 Å². The van der Waals surface area contributed by atoms with Crippen LogP contribution in [0.1, 0.15) is 26.2 Å². The maximum Gasteiger partial charge on any atom is 0.327 e. The van der Waals surface area contributed by atoms with E-state index in [0.29, 0.717) is 0 Å². The Morgan fingerprint density at radius 2 is 2.00 bits per heavy atom. The van der Waals surface area contributed by atoms with Crippen molar-refractivity contribution in [3.63, 3.8) is 0 Å². The summed E-state index contributed by atoms with van der Waals surface area (Å²) in [6, 6.07) is -0.839. The van der Waals surface area contributed by atoms with Crippen LogP contribution in [0.15, 0.2) is 0 Å². The molecule has 0 aromatic carbocycles. The van der Waals surface area contributed by atoms with E-state index in [-0.39, 0.29) is 12.5 Å². The lowest BCUT2D eigenvalue weighted by molar-refractivity contribution is -0.141. The number of aliphatic carboxylic acids is 1. The van der Waals surface area contributed by atoms with E-state index >= 15 is 0 Å². The van der Waals surface area contributed by atoms with Gasteiger partial charge in [-0.1, -0.05) is 0 Å². The highest BCUT2D eigenvalue weighted by atomic mass is 16.4. The quantitative estimate of drug-likeness (QED) is 0.518. The maximum absolute atomic E-state index is 10.8. The van der Waals surface area contributed by atoms with E-state index in [2.05, 4.69) is 15.5 Å². The molecule has 0 aliphatic carbocycles. The molecule has 3 N–H and O–H groups in total. The van der Waals surface area contributed by atoms with Gasteiger partial charge in [0.2, 0.25) is 5.91 Å². The third-order valence-electron chi connectivity index (χ3n) is 3.05. The first-order valence-electron chi connectivity index (χ1n) is 6.52. The lowest BCUT2D eigenvalue weighted by Gasteiger charge is -2.16. The third kappa shape index (κ3) is 5.97. The zero-order valence-corrected chi connectivity index (χ0v) is 10.9. The number of carboxylic acids is 1. The SMILES string of the molecule is CC(=O)NC(CNCCCN1CCCC1)C(=O)O. The predicted molar refractivity (Wildman–Crippen MR) is 68.4 cm³/mol. The van der Waals surface area contributed by atoms with Gasteiger partial charge in [0.15, 0.2) is 0 Å². The Balaban J connectivity index is 2.06. The smallest absolute Gasteiger partial charge is 0.327 e. The first kappa shape index (κ1) is 14.9. The standard InChI is InChI=1S/C12H23N3O3/c1-10(16)14-11(12(17)18)9-13-5-4-8-15-6-2-3-7-15/h11,13H,2-9H2,1H3,(H,14,16)(H,17,18). The molecule has 0 aromatic rings. The Kier molecular flexibility index (Phi) is 6.67. The fourth-order valence-corrected chi connectivity index (χ4v) is 2.13. The highest BCUT2D eigenvalue weighted by Crippen LogP contribution is 2.06. The molecular weight excluding hydrogens is 234 g/mol. The Labute approximate surface area is 108 Å². The molecule has 0 saturated carbocycles. The van der Waals surface area contributed by atoms with E-state index < -0.39 is 12.0 Å². The Hall–Kier alpha value is -1.14. The molecule has 1 unspecified atom stereocenters. The van der Waals surface area contributed by atoms with Crippen molar-refractivity contribution in [2.75, 3.05) is 32.7 Å². The molecule has 1 fully saturated rings. The second kappa shape index (κ2) is 8.05. The van der Waals surface area contributed by atoms with E-state index in [1.807, 2.05) is 0 Å². The van der Waals surface area contributed by atoms with E-state index in [9.17, 15) is 9.59 Å². The summed E-state index contributed by atoms with van der Waals surface area (Å²) in [4.78, 5) is 24.1. The Morgan fingerprint density at radius 3 is 2.56 bits per heavy atom. The molecule has 0 radical (unpaired) electrons. The first-order valence-corrected chi connectivity index (χ1v) is 6.52. The number of hydrogen-bond acceptors (Lipinski definition) is 4. The van der Waals surface area contributed by atoms with Gasteiger partial charge >= 0.3 is 5.97 Å². The van der Waals surface area contributed by atoms with Gasteiger partial charge in [0.25, 0.3) is 0 Å². The van der Waals surface area contributed by atoms with Crippen LogP contribution in [0.25, 0.3) is 0 Å². The number of carbonyl (C=O) groups excluding carboxylic acids is 1. The Morgan fingerprint density at radius 1 is 1.33 bits per heavy atom. The van der Waals surface area contributed by atoms with Gasteiger partial charge in [-0.05, 0) is 45.4 Å². The average molecular weight is 257 g/mol. The lowest BCUT2D eigenvalue weighted by atomic mass is 10.3. The van der Waals surface area contributed by atoms with Crippen molar-refractivity contribution in [1.82, 2.24) is 15.5 Å². The molecule has 0 bridgehead atoms. The van der Waals surface area contributed by atoms with Gasteiger partial charge in [-0.15, -0.1) is 0 Å². The van der Waals surface area contributed by atoms with Crippen LogP contribution >= 0.6 is 0 Å². The average Bonchev–Trinajstić information content (AvgIpc) is 2.79. The van der Waals surface area contributed by atoms with E-state index in [1.54, 1.807) is 0 Å². The third-order valence-corrected chi connectivity index (χ3v) is 3.05. The molecule has 1 atom stereocenters. The number of carbonyl (C=O) groups is 2. The molecule has 1 heterocycles. The summed E-state index contributed by atoms with van der Waals surface area (Å²) in [5.41, 5.74) is 0. The van der Waals surface area contributed by atoms with Crippen LogP contribution in [-0.2, 0) is 9.59 Å². The number of nitrogens with zero attached hydrogens (tertiary/aromatic N) is 1. The fraction of sp³-hybridized carbons (Fsp3) is 0.833. The van der Waals surface area contributed by atoms with E-state index in [0.717, 1.165) is 19.5 Å². The van der Waals surface area contributed by atoms with Crippen LogP contribution in [0.2, 0.25) is 0 Å². The van der Waals surface area contributed by atoms with Crippen LogP contribution in [0.3, 0.4) is 0 Å². The van der Waals surface area contributed by atoms with Crippen LogP contribution in [0.4, 0.5) is 0 Å². The number of hydrogen-bond donors (Lipinski definition) is 3. The molecule has 1 aliphatic heterocycles. The van der Waals surface area contributed by atoms with Crippen molar-refractivity contribution in [3.05, 3.63) is 0 Å². The predicted octanol–water partition coefficient (Wildman–Crippen LogP) is -0.349. The molecule has 0 aromatic heterocycles. The second-order valence-corrected chi connectivity index (χ2v) is 4.70. The van der Waals surface area contributed by atoms with E-state index in [1.165, 1.54) is 32.9 Å². The van der Waals surface area contributed by atoms with Crippen molar-refractivity contribution < 1.29 is 14.7 Å². The highest BCUT2D eigenvalue weighted by molar-refractivity contribution is 5.82. The molecule has 1 rings (SSSR count). The summed E-state index contributed by atoms with van der Waals surface area (Å²) in [6.07, 6.45) is 3.58. The van der Waals surface area contributed by atoms with Crippen LogP contribution in [0.5, 0.6) is 0 Å². The minimum absolute atomic E-state index is 0.273. The summed E-state index contributed by atoms with van der Waals surface area (Å²) in [5.74, 6) is -1.32. The molecular formula is C12H23N3O3. The molecule has 1 saturated heterocycles. The van der Waals surface area contributed by atoms with Crippen molar-refractivity contribution >= 4 is 11.9 Å². The summed E-state index contributed by atoms with van der Waals surface area (Å²) in [5, 5.41) is 14.4. The summed E-state index contributed by atoms with van der Waals surface area (Å²) >= 11 is 0. The second-order valence-electron chi connectivity index (χ2n) is 4.70. The van der Waals surface area contributed by atoms with Crippen LogP contribution < -0.4 is 10.6 Å². The number of carboxylic acid groups (broad SMARTS) is 1. The number of rotatable bonds is 8. The van der Waals surface area contributed by atoms with Crippen molar-refractivity contribution in [2.45, 2.75) is 32.2 Å². The maximum atomic E-state index is 10.8. The largest absolute Gasteiger partial charge is 0.480 e. The van der Waals surface area contributed by atoms with E-state index in [4.69, 9.17) is 5.11 Å². The Bertz CT molecular complexity index is 278. The van der Waals surface area contributed by atoms with Crippen molar-refractivity contribution in [3.8, 4) is 0 Å². The topological polar surface area (TPSA) is 81.7 Å². The zero-order valence-electron chi connectivity index (χ0n) is 10.9. The van der Waals surface area contributed by atoms with Gasteiger partial charge in [0.05, 0.1) is 0 Å². The van der Waals surface area contributed by atoms with Crippen molar-refractivity contribution in [2.24, 2.45) is 0 Å². The van der Waals surface area contributed by atoms with Gasteiger partial charge in [0.1, 0.15) is 6.04 Å². The number of amides is 1. The van der Waals surface area contributed by atoms with Gasteiger partial charge in [-0.25, -0.2) is 4.79 Å².